The van der Waals surface area contributed by atoms with E-state index in [-0.39, 0.29) is 17.8 Å². The second-order valence-electron chi connectivity index (χ2n) is 5.10. The summed E-state index contributed by atoms with van der Waals surface area (Å²) in [5.74, 6) is -0.544. The van der Waals surface area contributed by atoms with Crippen molar-refractivity contribution in [2.75, 3.05) is 0 Å². The van der Waals surface area contributed by atoms with E-state index in [1.807, 2.05) is 31.2 Å². The number of aryl methyl sites for hydroxylation is 1. The van der Waals surface area contributed by atoms with E-state index in [4.69, 9.17) is 5.73 Å². The molecular weight excluding hydrogens is 267 g/mol. The molecule has 3 N–H and O–H groups in total. The zero-order valence-corrected chi connectivity index (χ0v) is 12.2. The molecule has 0 radical (unpaired) electrons. The van der Waals surface area contributed by atoms with Crippen molar-refractivity contribution in [2.45, 2.75) is 26.4 Å². The molecule has 0 spiro atoms. The van der Waals surface area contributed by atoms with Gasteiger partial charge in [-0.3, -0.25) is 4.79 Å². The summed E-state index contributed by atoms with van der Waals surface area (Å²) in [5, 5.41) is 2.92. The first-order valence-corrected chi connectivity index (χ1v) is 6.87. The normalized spacial score (nSPS) is 12.0. The quantitative estimate of drug-likeness (QED) is 0.907. The average Bonchev–Trinajstić information content (AvgIpc) is 2.47. The SMILES string of the molecule is Cc1cc(F)ccc1C(=O)NC(C)c1ccc(CN)cc1. The van der Waals surface area contributed by atoms with Gasteiger partial charge in [0, 0.05) is 12.1 Å². The fourth-order valence-electron chi connectivity index (χ4n) is 2.18. The van der Waals surface area contributed by atoms with Crippen molar-refractivity contribution in [3.05, 3.63) is 70.5 Å². The highest BCUT2D eigenvalue weighted by Gasteiger charge is 2.13. The van der Waals surface area contributed by atoms with Crippen LogP contribution in [-0.4, -0.2) is 5.91 Å². The van der Waals surface area contributed by atoms with E-state index in [1.165, 1.54) is 18.2 Å². The van der Waals surface area contributed by atoms with Crippen LogP contribution in [0.5, 0.6) is 0 Å². The van der Waals surface area contributed by atoms with E-state index in [9.17, 15) is 9.18 Å². The molecule has 0 saturated heterocycles. The van der Waals surface area contributed by atoms with Crippen LogP contribution >= 0.6 is 0 Å². The summed E-state index contributed by atoms with van der Waals surface area (Å²) in [6, 6.07) is 11.8. The Labute approximate surface area is 124 Å². The van der Waals surface area contributed by atoms with Gasteiger partial charge in [-0.25, -0.2) is 4.39 Å². The molecule has 110 valence electrons. The summed E-state index contributed by atoms with van der Waals surface area (Å²) in [4.78, 5) is 12.2. The second-order valence-corrected chi connectivity index (χ2v) is 5.10. The number of nitrogens with one attached hydrogen (secondary N) is 1. The smallest absolute Gasteiger partial charge is 0.252 e. The van der Waals surface area contributed by atoms with Gasteiger partial charge in [-0.05, 0) is 48.7 Å². The Morgan fingerprint density at radius 2 is 1.90 bits per heavy atom. The summed E-state index contributed by atoms with van der Waals surface area (Å²) < 4.78 is 13.1. The maximum absolute atomic E-state index is 13.1. The third-order valence-corrected chi connectivity index (χ3v) is 3.50. The molecule has 1 amide bonds. The highest BCUT2D eigenvalue weighted by molar-refractivity contribution is 5.95. The number of amides is 1. The lowest BCUT2D eigenvalue weighted by Gasteiger charge is -2.15. The Hall–Kier alpha value is -2.20. The predicted octanol–water partition coefficient (Wildman–Crippen LogP) is 3.08. The molecule has 2 aromatic carbocycles. The number of carbonyl (C=O) groups is 1. The van der Waals surface area contributed by atoms with E-state index in [0.717, 1.165) is 11.1 Å². The van der Waals surface area contributed by atoms with Gasteiger partial charge in [0.1, 0.15) is 5.82 Å². The summed E-state index contributed by atoms with van der Waals surface area (Å²) >= 11 is 0. The van der Waals surface area contributed by atoms with Crippen LogP contribution < -0.4 is 11.1 Å². The molecular formula is C17H19FN2O. The predicted molar refractivity (Wildman–Crippen MR) is 81.4 cm³/mol. The van der Waals surface area contributed by atoms with Crippen LogP contribution in [0.15, 0.2) is 42.5 Å². The third kappa shape index (κ3) is 3.67. The highest BCUT2D eigenvalue weighted by atomic mass is 19.1. The minimum Gasteiger partial charge on any atom is -0.346 e. The molecule has 0 aromatic heterocycles. The standard InChI is InChI=1S/C17H19FN2O/c1-11-9-15(18)7-8-16(11)17(21)20-12(2)14-5-3-13(10-19)4-6-14/h3-9,12H,10,19H2,1-2H3,(H,20,21). The number of hydrogen-bond acceptors (Lipinski definition) is 2. The van der Waals surface area contributed by atoms with Gasteiger partial charge in [-0.2, -0.15) is 0 Å². The van der Waals surface area contributed by atoms with E-state index >= 15 is 0 Å². The first-order chi connectivity index (χ1) is 10.0. The fraction of sp³-hybridized carbons (Fsp3) is 0.235. The largest absolute Gasteiger partial charge is 0.346 e. The molecule has 3 nitrogen and oxygen atoms in total. The molecule has 0 aliphatic rings. The van der Waals surface area contributed by atoms with E-state index in [2.05, 4.69) is 5.32 Å². The summed E-state index contributed by atoms with van der Waals surface area (Å²) in [6.07, 6.45) is 0. The van der Waals surface area contributed by atoms with Gasteiger partial charge in [0.15, 0.2) is 0 Å². The van der Waals surface area contributed by atoms with Crippen molar-refractivity contribution < 1.29 is 9.18 Å². The van der Waals surface area contributed by atoms with Crippen LogP contribution in [0.1, 0.15) is 40.0 Å². The average molecular weight is 286 g/mol. The number of carbonyl (C=O) groups excluding carboxylic acids is 1. The highest BCUT2D eigenvalue weighted by Crippen LogP contribution is 2.16. The van der Waals surface area contributed by atoms with Crippen molar-refractivity contribution in [2.24, 2.45) is 5.73 Å². The Balaban J connectivity index is 2.10. The van der Waals surface area contributed by atoms with E-state index in [0.29, 0.717) is 17.7 Å². The minimum absolute atomic E-state index is 0.131. The zero-order valence-electron chi connectivity index (χ0n) is 12.2. The molecule has 0 aliphatic heterocycles. The van der Waals surface area contributed by atoms with Crippen LogP contribution in [-0.2, 0) is 6.54 Å². The zero-order chi connectivity index (χ0) is 15.4. The molecule has 21 heavy (non-hydrogen) atoms. The lowest BCUT2D eigenvalue weighted by atomic mass is 10.0. The van der Waals surface area contributed by atoms with Crippen molar-refractivity contribution >= 4 is 5.91 Å². The van der Waals surface area contributed by atoms with Gasteiger partial charge in [0.25, 0.3) is 5.91 Å². The number of nitrogens with two attached hydrogens (primary N) is 1. The third-order valence-electron chi connectivity index (χ3n) is 3.50. The molecule has 1 atom stereocenters. The van der Waals surface area contributed by atoms with Crippen LogP contribution in [0.4, 0.5) is 4.39 Å². The van der Waals surface area contributed by atoms with Crippen LogP contribution in [0, 0.1) is 12.7 Å². The van der Waals surface area contributed by atoms with Gasteiger partial charge in [-0.1, -0.05) is 24.3 Å². The Bertz CT molecular complexity index is 638. The number of rotatable bonds is 4. The van der Waals surface area contributed by atoms with Crippen molar-refractivity contribution in [3.63, 3.8) is 0 Å². The van der Waals surface area contributed by atoms with Crippen LogP contribution in [0.2, 0.25) is 0 Å². The first kappa shape index (κ1) is 15.2. The Morgan fingerprint density at radius 3 is 2.48 bits per heavy atom. The molecule has 0 fully saturated rings. The molecule has 0 aliphatic carbocycles. The summed E-state index contributed by atoms with van der Waals surface area (Å²) in [6.45, 7) is 4.13. The molecule has 0 heterocycles. The Kier molecular flexibility index (Phi) is 4.70. The van der Waals surface area contributed by atoms with Gasteiger partial charge >= 0.3 is 0 Å². The Morgan fingerprint density at radius 1 is 1.24 bits per heavy atom. The van der Waals surface area contributed by atoms with Crippen molar-refractivity contribution in [3.8, 4) is 0 Å². The van der Waals surface area contributed by atoms with Gasteiger partial charge in [0.2, 0.25) is 0 Å². The molecule has 0 bridgehead atoms. The molecule has 2 aromatic rings. The van der Waals surface area contributed by atoms with Crippen LogP contribution in [0.3, 0.4) is 0 Å². The van der Waals surface area contributed by atoms with Crippen LogP contribution in [0.25, 0.3) is 0 Å². The van der Waals surface area contributed by atoms with E-state index in [1.54, 1.807) is 6.92 Å². The number of halogens is 1. The lowest BCUT2D eigenvalue weighted by molar-refractivity contribution is 0.0939. The topological polar surface area (TPSA) is 55.1 Å². The fourth-order valence-corrected chi connectivity index (χ4v) is 2.18. The van der Waals surface area contributed by atoms with Gasteiger partial charge in [0.05, 0.1) is 6.04 Å². The molecule has 1 unspecified atom stereocenters. The summed E-state index contributed by atoms with van der Waals surface area (Å²) in [5.41, 5.74) is 8.72. The van der Waals surface area contributed by atoms with Crippen molar-refractivity contribution in [1.82, 2.24) is 5.32 Å². The monoisotopic (exact) mass is 286 g/mol. The van der Waals surface area contributed by atoms with E-state index < -0.39 is 0 Å². The van der Waals surface area contributed by atoms with Gasteiger partial charge in [-0.15, -0.1) is 0 Å². The first-order valence-electron chi connectivity index (χ1n) is 6.87. The molecule has 0 saturated carbocycles. The maximum Gasteiger partial charge on any atom is 0.252 e. The molecule has 4 heteroatoms. The maximum atomic E-state index is 13.1. The summed E-state index contributed by atoms with van der Waals surface area (Å²) in [7, 11) is 0. The second kappa shape index (κ2) is 6.50. The number of benzene rings is 2. The lowest BCUT2D eigenvalue weighted by Crippen LogP contribution is -2.27. The minimum atomic E-state index is -0.338. The molecule has 2 rings (SSSR count). The van der Waals surface area contributed by atoms with Gasteiger partial charge < -0.3 is 11.1 Å². The van der Waals surface area contributed by atoms with Crippen molar-refractivity contribution in [1.29, 1.82) is 0 Å². The number of hydrogen-bond donors (Lipinski definition) is 2.